The zero-order valence-corrected chi connectivity index (χ0v) is 14.2. The lowest BCUT2D eigenvalue weighted by Gasteiger charge is -2.07. The minimum absolute atomic E-state index is 0.513. The number of hydrogen-bond acceptors (Lipinski definition) is 3. The maximum Gasteiger partial charge on any atom is 0.142 e. The molecule has 0 radical (unpaired) electrons. The van der Waals surface area contributed by atoms with Crippen LogP contribution in [-0.2, 0) is 6.61 Å². The van der Waals surface area contributed by atoms with E-state index in [9.17, 15) is 0 Å². The van der Waals surface area contributed by atoms with E-state index in [4.69, 9.17) is 14.2 Å². The Balaban J connectivity index is 1.61. The maximum atomic E-state index is 5.93. The summed E-state index contributed by atoms with van der Waals surface area (Å²) in [5.74, 6) is 2.51. The van der Waals surface area contributed by atoms with Crippen LogP contribution in [0.2, 0.25) is 0 Å². The minimum atomic E-state index is 0.513. The van der Waals surface area contributed by atoms with Gasteiger partial charge in [-0.15, -0.1) is 0 Å². The molecule has 4 heteroatoms. The molecule has 1 aromatic heterocycles. The highest BCUT2D eigenvalue weighted by molar-refractivity contribution is 6.09. The van der Waals surface area contributed by atoms with Crippen LogP contribution in [0.1, 0.15) is 5.56 Å². The molecule has 4 nitrogen and oxygen atoms in total. The van der Waals surface area contributed by atoms with E-state index in [2.05, 4.69) is 17.1 Å². The van der Waals surface area contributed by atoms with Crippen molar-refractivity contribution in [2.45, 2.75) is 6.61 Å². The van der Waals surface area contributed by atoms with Crippen LogP contribution in [0.3, 0.4) is 0 Å². The first-order valence-electron chi connectivity index (χ1n) is 8.12. The molecule has 0 bridgehead atoms. The topological polar surface area (TPSA) is 43.5 Å². The first-order chi connectivity index (χ1) is 12.3. The molecule has 25 heavy (non-hydrogen) atoms. The summed E-state index contributed by atoms with van der Waals surface area (Å²) in [5, 5.41) is 2.31. The second kappa shape index (κ2) is 6.40. The molecule has 0 aliphatic heterocycles. The highest BCUT2D eigenvalue weighted by Crippen LogP contribution is 2.33. The van der Waals surface area contributed by atoms with Crippen LogP contribution in [0.4, 0.5) is 0 Å². The second-order valence-corrected chi connectivity index (χ2v) is 5.85. The molecule has 0 unspecified atom stereocenters. The molecule has 0 spiro atoms. The summed E-state index contributed by atoms with van der Waals surface area (Å²) in [6, 6.07) is 20.0. The molecule has 1 heterocycles. The Morgan fingerprint density at radius 1 is 0.800 bits per heavy atom. The highest BCUT2D eigenvalue weighted by atomic mass is 16.5. The maximum absolute atomic E-state index is 5.93. The predicted molar refractivity (Wildman–Crippen MR) is 99.7 cm³/mol. The molecule has 0 fully saturated rings. The molecule has 0 amide bonds. The van der Waals surface area contributed by atoms with Crippen LogP contribution in [0.25, 0.3) is 21.8 Å². The number of methoxy groups -OCH3 is 2. The third-order valence-corrected chi connectivity index (χ3v) is 4.35. The largest absolute Gasteiger partial charge is 0.497 e. The van der Waals surface area contributed by atoms with Gasteiger partial charge in [-0.3, -0.25) is 0 Å². The van der Waals surface area contributed by atoms with Crippen molar-refractivity contribution in [3.8, 4) is 17.2 Å². The Morgan fingerprint density at radius 3 is 2.36 bits per heavy atom. The molecule has 0 aliphatic carbocycles. The van der Waals surface area contributed by atoms with Gasteiger partial charge in [-0.25, -0.2) is 0 Å². The zero-order chi connectivity index (χ0) is 17.2. The van der Waals surface area contributed by atoms with Crippen LogP contribution in [-0.4, -0.2) is 19.2 Å². The SMILES string of the molecule is COc1ccc(COc2ccc3c(c2)[nH]c2c(OC)cccc23)cc1. The van der Waals surface area contributed by atoms with Crippen LogP contribution >= 0.6 is 0 Å². The van der Waals surface area contributed by atoms with Gasteiger partial charge in [0.15, 0.2) is 0 Å². The van der Waals surface area contributed by atoms with E-state index in [-0.39, 0.29) is 0 Å². The van der Waals surface area contributed by atoms with Crippen LogP contribution in [0, 0.1) is 0 Å². The number of nitrogens with one attached hydrogen (secondary N) is 1. The first-order valence-corrected chi connectivity index (χ1v) is 8.12. The number of ether oxygens (including phenoxy) is 3. The number of fused-ring (bicyclic) bond motifs is 3. The van der Waals surface area contributed by atoms with Crippen molar-refractivity contribution in [3.63, 3.8) is 0 Å². The number of benzene rings is 3. The van der Waals surface area contributed by atoms with Crippen molar-refractivity contribution in [1.29, 1.82) is 0 Å². The van der Waals surface area contributed by atoms with Crippen molar-refractivity contribution in [2.75, 3.05) is 14.2 Å². The summed E-state index contributed by atoms with van der Waals surface area (Å²) >= 11 is 0. The highest BCUT2D eigenvalue weighted by Gasteiger charge is 2.09. The lowest BCUT2D eigenvalue weighted by atomic mass is 10.1. The molecule has 1 N–H and O–H groups in total. The summed E-state index contributed by atoms with van der Waals surface area (Å²) < 4.78 is 16.5. The zero-order valence-electron chi connectivity index (χ0n) is 14.2. The van der Waals surface area contributed by atoms with Gasteiger partial charge in [0.1, 0.15) is 23.9 Å². The number of aromatic nitrogens is 1. The van der Waals surface area contributed by atoms with Gasteiger partial charge in [0.05, 0.1) is 25.3 Å². The van der Waals surface area contributed by atoms with Gasteiger partial charge in [0.25, 0.3) is 0 Å². The molecule has 0 saturated carbocycles. The molecular formula is C21H19NO3. The monoisotopic (exact) mass is 333 g/mol. The summed E-state index contributed by atoms with van der Waals surface area (Å²) in [6.07, 6.45) is 0. The van der Waals surface area contributed by atoms with Crippen molar-refractivity contribution >= 4 is 21.8 Å². The third kappa shape index (κ3) is 2.87. The molecular weight excluding hydrogens is 314 g/mol. The Hall–Kier alpha value is -3.14. The van der Waals surface area contributed by atoms with Gasteiger partial charge in [-0.1, -0.05) is 24.3 Å². The summed E-state index contributed by atoms with van der Waals surface area (Å²) in [5.41, 5.74) is 3.14. The van der Waals surface area contributed by atoms with E-state index < -0.39 is 0 Å². The van der Waals surface area contributed by atoms with Gasteiger partial charge in [-0.05, 0) is 35.9 Å². The number of rotatable bonds is 5. The van der Waals surface area contributed by atoms with Crippen molar-refractivity contribution in [1.82, 2.24) is 4.98 Å². The fraction of sp³-hybridized carbons (Fsp3) is 0.143. The number of aromatic amines is 1. The fourth-order valence-electron chi connectivity index (χ4n) is 3.03. The van der Waals surface area contributed by atoms with E-state index in [1.54, 1.807) is 14.2 Å². The fourth-order valence-corrected chi connectivity index (χ4v) is 3.03. The Bertz CT molecular complexity index is 1020. The second-order valence-electron chi connectivity index (χ2n) is 5.85. The first kappa shape index (κ1) is 15.4. The predicted octanol–water partition coefficient (Wildman–Crippen LogP) is 4.92. The molecule has 3 aromatic carbocycles. The van der Waals surface area contributed by atoms with Crippen LogP contribution in [0.5, 0.6) is 17.2 Å². The number of H-pyrrole nitrogens is 1. The summed E-state index contributed by atoms with van der Waals surface area (Å²) in [4.78, 5) is 3.43. The normalized spacial score (nSPS) is 11.0. The average molecular weight is 333 g/mol. The van der Waals surface area contributed by atoms with Crippen LogP contribution in [0.15, 0.2) is 60.7 Å². The molecule has 0 aliphatic rings. The van der Waals surface area contributed by atoms with Gasteiger partial charge < -0.3 is 19.2 Å². The van der Waals surface area contributed by atoms with Crippen molar-refractivity contribution in [3.05, 3.63) is 66.2 Å². The lowest BCUT2D eigenvalue weighted by molar-refractivity contribution is 0.306. The van der Waals surface area contributed by atoms with E-state index >= 15 is 0 Å². The van der Waals surface area contributed by atoms with Crippen LogP contribution < -0.4 is 14.2 Å². The average Bonchev–Trinajstić information content (AvgIpc) is 3.04. The standard InChI is InChI=1S/C21H19NO3/c1-23-15-8-6-14(7-9-15)13-25-16-10-11-17-18-4-3-5-20(24-2)21(18)22-19(17)12-16/h3-12,22H,13H2,1-2H3. The third-order valence-electron chi connectivity index (χ3n) is 4.35. The smallest absolute Gasteiger partial charge is 0.142 e. The summed E-state index contributed by atoms with van der Waals surface area (Å²) in [6.45, 7) is 0.513. The molecule has 0 atom stereocenters. The Kier molecular flexibility index (Phi) is 3.94. The van der Waals surface area contributed by atoms with E-state index in [0.717, 1.165) is 44.6 Å². The summed E-state index contributed by atoms with van der Waals surface area (Å²) in [7, 11) is 3.35. The quantitative estimate of drug-likeness (QED) is 0.564. The Labute approximate surface area is 145 Å². The molecule has 4 rings (SSSR count). The van der Waals surface area contributed by atoms with Gasteiger partial charge in [-0.2, -0.15) is 0 Å². The lowest BCUT2D eigenvalue weighted by Crippen LogP contribution is -1.95. The van der Waals surface area contributed by atoms with Gasteiger partial charge in [0, 0.05) is 16.8 Å². The number of para-hydroxylation sites is 1. The van der Waals surface area contributed by atoms with E-state index in [0.29, 0.717) is 6.61 Å². The van der Waals surface area contributed by atoms with E-state index in [1.165, 1.54) is 0 Å². The number of hydrogen-bond donors (Lipinski definition) is 1. The molecule has 126 valence electrons. The minimum Gasteiger partial charge on any atom is -0.497 e. The molecule has 4 aromatic rings. The Morgan fingerprint density at radius 2 is 1.60 bits per heavy atom. The van der Waals surface area contributed by atoms with Gasteiger partial charge in [0.2, 0.25) is 0 Å². The van der Waals surface area contributed by atoms with Crippen molar-refractivity contribution in [2.24, 2.45) is 0 Å². The molecule has 0 saturated heterocycles. The van der Waals surface area contributed by atoms with E-state index in [1.807, 2.05) is 48.5 Å². The van der Waals surface area contributed by atoms with Gasteiger partial charge >= 0.3 is 0 Å². The van der Waals surface area contributed by atoms with Crippen molar-refractivity contribution < 1.29 is 14.2 Å².